The molecule has 1 amide bonds. The number of rotatable bonds is 3. The van der Waals surface area contributed by atoms with Crippen LogP contribution in [0.4, 0.5) is 5.69 Å². The number of nitrogens with one attached hydrogen (secondary N) is 1. The van der Waals surface area contributed by atoms with Gasteiger partial charge in [-0.1, -0.05) is 12.8 Å². The van der Waals surface area contributed by atoms with E-state index in [1.54, 1.807) is 12.1 Å². The molecule has 2 unspecified atom stereocenters. The van der Waals surface area contributed by atoms with Gasteiger partial charge in [-0.25, -0.2) is 4.79 Å². The van der Waals surface area contributed by atoms with Gasteiger partial charge >= 0.3 is 5.97 Å². The van der Waals surface area contributed by atoms with E-state index in [9.17, 15) is 14.7 Å². The Morgan fingerprint density at radius 1 is 1.20 bits per heavy atom. The smallest absolute Gasteiger partial charge is 0.337 e. The van der Waals surface area contributed by atoms with Crippen molar-refractivity contribution < 1.29 is 14.7 Å². The lowest BCUT2D eigenvalue weighted by Crippen LogP contribution is -2.17. The summed E-state index contributed by atoms with van der Waals surface area (Å²) < 4.78 is 0.845. The predicted octanol–water partition coefficient (Wildman–Crippen LogP) is 3.36. The highest BCUT2D eigenvalue weighted by molar-refractivity contribution is 14.1. The Bertz CT molecular complexity index is 560. The van der Waals surface area contributed by atoms with E-state index in [2.05, 4.69) is 27.9 Å². The summed E-state index contributed by atoms with van der Waals surface area (Å²) in [7, 11) is 0. The van der Waals surface area contributed by atoms with Gasteiger partial charge in [0.1, 0.15) is 0 Å². The van der Waals surface area contributed by atoms with E-state index in [1.165, 1.54) is 12.8 Å². The molecule has 0 saturated heterocycles. The number of amides is 1. The third-order valence-corrected chi connectivity index (χ3v) is 5.10. The van der Waals surface area contributed by atoms with Gasteiger partial charge in [-0.05, 0) is 65.5 Å². The van der Waals surface area contributed by atoms with Crippen molar-refractivity contribution in [2.45, 2.75) is 25.7 Å². The lowest BCUT2D eigenvalue weighted by atomic mass is 10.0. The quantitative estimate of drug-likeness (QED) is 0.785. The zero-order valence-corrected chi connectivity index (χ0v) is 13.1. The van der Waals surface area contributed by atoms with Crippen molar-refractivity contribution in [2.75, 3.05) is 5.32 Å². The first-order chi connectivity index (χ1) is 9.58. The molecule has 0 heterocycles. The fraction of sp³-hybridized carbons (Fsp3) is 0.467. The zero-order chi connectivity index (χ0) is 14.3. The molecule has 0 spiro atoms. The molecule has 0 radical (unpaired) electrons. The van der Waals surface area contributed by atoms with Crippen LogP contribution < -0.4 is 5.32 Å². The number of carboxylic acids is 1. The van der Waals surface area contributed by atoms with Crippen molar-refractivity contribution in [1.82, 2.24) is 0 Å². The lowest BCUT2D eigenvalue weighted by molar-refractivity contribution is -0.117. The van der Waals surface area contributed by atoms with Gasteiger partial charge in [-0.15, -0.1) is 0 Å². The first kappa shape index (κ1) is 13.9. The highest BCUT2D eigenvalue weighted by atomic mass is 127. The minimum atomic E-state index is -1.01. The van der Waals surface area contributed by atoms with Gasteiger partial charge < -0.3 is 10.4 Å². The van der Waals surface area contributed by atoms with E-state index in [4.69, 9.17) is 0 Å². The normalized spacial score (nSPS) is 27.6. The van der Waals surface area contributed by atoms with E-state index in [-0.39, 0.29) is 17.4 Å². The fourth-order valence-electron chi connectivity index (χ4n) is 3.40. The maximum Gasteiger partial charge on any atom is 0.337 e. The fourth-order valence-corrected chi connectivity index (χ4v) is 3.89. The van der Waals surface area contributed by atoms with Crippen molar-refractivity contribution >= 4 is 40.2 Å². The van der Waals surface area contributed by atoms with Crippen LogP contribution in [0, 0.1) is 21.3 Å². The first-order valence-electron chi connectivity index (χ1n) is 6.91. The van der Waals surface area contributed by atoms with Crippen LogP contribution in [0.15, 0.2) is 18.2 Å². The van der Waals surface area contributed by atoms with Crippen LogP contribution in [0.3, 0.4) is 0 Å². The number of benzene rings is 1. The highest BCUT2D eigenvalue weighted by Crippen LogP contribution is 2.55. The SMILES string of the molecule is O=C(O)c1cc(I)ccc1NC(=O)C1C2CCCCC21. The second-order valence-corrected chi connectivity index (χ2v) is 6.87. The third kappa shape index (κ3) is 2.55. The topological polar surface area (TPSA) is 66.4 Å². The molecule has 2 atom stereocenters. The molecule has 3 rings (SSSR count). The number of carbonyl (C=O) groups excluding carboxylic acids is 1. The molecule has 106 valence electrons. The van der Waals surface area contributed by atoms with Crippen LogP contribution in [0.2, 0.25) is 0 Å². The summed E-state index contributed by atoms with van der Waals surface area (Å²) in [4.78, 5) is 23.5. The van der Waals surface area contributed by atoms with Gasteiger partial charge in [0.05, 0.1) is 11.3 Å². The molecule has 0 aliphatic heterocycles. The average Bonchev–Trinajstić information content (AvgIpc) is 3.15. The number of carbonyl (C=O) groups is 2. The number of hydrogen-bond acceptors (Lipinski definition) is 2. The number of aromatic carboxylic acids is 1. The molecule has 2 fully saturated rings. The standard InChI is InChI=1S/C15H16INO3/c16-8-5-6-12(11(7-8)15(19)20)17-14(18)13-9-3-1-2-4-10(9)13/h5-7,9-10,13H,1-4H2,(H,17,18)(H,19,20). The molecule has 4 nitrogen and oxygen atoms in total. The van der Waals surface area contributed by atoms with Gasteiger partial charge in [-0.2, -0.15) is 0 Å². The van der Waals surface area contributed by atoms with Crippen LogP contribution in [-0.2, 0) is 4.79 Å². The Hall–Kier alpha value is -1.11. The van der Waals surface area contributed by atoms with E-state index >= 15 is 0 Å². The van der Waals surface area contributed by atoms with Crippen LogP contribution in [0.25, 0.3) is 0 Å². The Labute approximate surface area is 131 Å². The summed E-state index contributed by atoms with van der Waals surface area (Å²) in [6, 6.07) is 5.07. The van der Waals surface area contributed by atoms with E-state index in [1.807, 2.05) is 6.07 Å². The van der Waals surface area contributed by atoms with Gasteiger partial charge in [0, 0.05) is 9.49 Å². The number of fused-ring (bicyclic) bond motifs is 1. The average molecular weight is 385 g/mol. The molecule has 2 aliphatic carbocycles. The molecule has 2 saturated carbocycles. The van der Waals surface area contributed by atoms with Crippen LogP contribution in [0.1, 0.15) is 36.0 Å². The maximum absolute atomic E-state index is 12.3. The van der Waals surface area contributed by atoms with Crippen molar-refractivity contribution in [1.29, 1.82) is 0 Å². The summed E-state index contributed by atoms with van der Waals surface area (Å²) in [5.41, 5.74) is 0.570. The largest absolute Gasteiger partial charge is 0.478 e. The summed E-state index contributed by atoms with van der Waals surface area (Å²) in [5.74, 6) is 0.137. The van der Waals surface area contributed by atoms with Gasteiger partial charge in [0.25, 0.3) is 0 Å². The van der Waals surface area contributed by atoms with E-state index < -0.39 is 5.97 Å². The predicted molar refractivity (Wildman–Crippen MR) is 83.7 cm³/mol. The van der Waals surface area contributed by atoms with Gasteiger partial charge in [-0.3, -0.25) is 4.79 Å². The van der Waals surface area contributed by atoms with E-state index in [0.717, 1.165) is 16.4 Å². The Morgan fingerprint density at radius 2 is 1.85 bits per heavy atom. The van der Waals surface area contributed by atoms with Crippen molar-refractivity contribution in [3.05, 3.63) is 27.3 Å². The molecule has 0 aromatic heterocycles. The molecular formula is C15H16INO3. The highest BCUT2D eigenvalue weighted by Gasteiger charge is 2.54. The number of anilines is 1. The molecule has 1 aromatic carbocycles. The Morgan fingerprint density at radius 3 is 2.45 bits per heavy atom. The van der Waals surface area contributed by atoms with E-state index in [0.29, 0.717) is 17.5 Å². The molecule has 2 N–H and O–H groups in total. The minimum Gasteiger partial charge on any atom is -0.478 e. The summed E-state index contributed by atoms with van der Waals surface area (Å²) in [6.45, 7) is 0. The number of hydrogen-bond donors (Lipinski definition) is 2. The molecule has 5 heteroatoms. The minimum absolute atomic E-state index is 0.00870. The molecule has 1 aromatic rings. The van der Waals surface area contributed by atoms with Crippen molar-refractivity contribution in [3.63, 3.8) is 0 Å². The van der Waals surface area contributed by atoms with Crippen LogP contribution in [0.5, 0.6) is 0 Å². The van der Waals surface area contributed by atoms with Crippen LogP contribution in [-0.4, -0.2) is 17.0 Å². The molecule has 2 aliphatic rings. The van der Waals surface area contributed by atoms with Gasteiger partial charge in [0.15, 0.2) is 0 Å². The second-order valence-electron chi connectivity index (χ2n) is 5.62. The molecule has 20 heavy (non-hydrogen) atoms. The number of carboxylic acid groups (broad SMARTS) is 1. The summed E-state index contributed by atoms with van der Waals surface area (Å²) in [5, 5.41) is 12.0. The molecule has 0 bridgehead atoms. The summed E-state index contributed by atoms with van der Waals surface area (Å²) >= 11 is 2.07. The zero-order valence-electron chi connectivity index (χ0n) is 10.9. The lowest BCUT2D eigenvalue weighted by Gasteiger charge is -2.08. The first-order valence-corrected chi connectivity index (χ1v) is 7.99. The molecular weight excluding hydrogens is 369 g/mol. The van der Waals surface area contributed by atoms with Gasteiger partial charge in [0.2, 0.25) is 5.91 Å². The monoisotopic (exact) mass is 385 g/mol. The number of halogens is 1. The Kier molecular flexibility index (Phi) is 3.70. The van der Waals surface area contributed by atoms with Crippen molar-refractivity contribution in [2.24, 2.45) is 17.8 Å². The Balaban J connectivity index is 1.75. The maximum atomic E-state index is 12.3. The second kappa shape index (κ2) is 5.35. The van der Waals surface area contributed by atoms with Crippen LogP contribution >= 0.6 is 22.6 Å². The van der Waals surface area contributed by atoms with Crippen molar-refractivity contribution in [3.8, 4) is 0 Å². The third-order valence-electron chi connectivity index (χ3n) is 4.43. The summed E-state index contributed by atoms with van der Waals surface area (Å²) in [6.07, 6.45) is 4.71.